The monoisotopic (exact) mass is 294 g/mol. The second-order valence-electron chi connectivity index (χ2n) is 6.63. The summed E-state index contributed by atoms with van der Waals surface area (Å²) >= 11 is 0. The summed E-state index contributed by atoms with van der Waals surface area (Å²) in [7, 11) is 0. The molecule has 0 saturated carbocycles. The van der Waals surface area contributed by atoms with E-state index in [1.165, 1.54) is 6.42 Å². The highest BCUT2D eigenvalue weighted by molar-refractivity contribution is 5.94. The molecule has 0 saturated heterocycles. The van der Waals surface area contributed by atoms with Crippen molar-refractivity contribution < 1.29 is 9.90 Å². The molecule has 0 radical (unpaired) electrons. The van der Waals surface area contributed by atoms with Crippen molar-refractivity contribution >= 4 is 11.7 Å². The molecule has 1 aliphatic heterocycles. The minimum atomic E-state index is -1.09. The van der Waals surface area contributed by atoms with E-state index in [-0.39, 0.29) is 0 Å². The molecule has 0 bridgehead atoms. The number of carboxylic acids is 1. The average Bonchev–Trinajstić information content (AvgIpc) is 3.04. The van der Waals surface area contributed by atoms with E-state index in [4.69, 9.17) is 0 Å². The van der Waals surface area contributed by atoms with Gasteiger partial charge in [0.1, 0.15) is 0 Å². The Kier molecular flexibility index (Phi) is 3.29. The normalized spacial score (nSPS) is 32.2. The van der Waals surface area contributed by atoms with E-state index >= 15 is 0 Å². The van der Waals surface area contributed by atoms with Gasteiger partial charge < -0.3 is 15.2 Å². The van der Waals surface area contributed by atoms with Gasteiger partial charge in [-0.05, 0) is 43.1 Å². The van der Waals surface area contributed by atoms with Gasteiger partial charge in [-0.1, -0.05) is 42.5 Å². The first-order valence-electron chi connectivity index (χ1n) is 8.18. The molecule has 0 amide bonds. The van der Waals surface area contributed by atoms with Gasteiger partial charge in [-0.15, -0.1) is 0 Å². The molecule has 0 aromatic heterocycles. The van der Waals surface area contributed by atoms with Gasteiger partial charge in [0.05, 0.1) is 5.97 Å². The summed E-state index contributed by atoms with van der Waals surface area (Å²) in [5.41, 5.74) is 2.20. The van der Waals surface area contributed by atoms with Crippen molar-refractivity contribution in [2.45, 2.75) is 37.6 Å². The average molecular weight is 294 g/mol. The van der Waals surface area contributed by atoms with Crippen molar-refractivity contribution in [3.8, 4) is 0 Å². The number of benzene rings is 1. The molecule has 4 atom stereocenters. The molecule has 4 rings (SSSR count). The smallest absolute Gasteiger partial charge is 0.0736 e. The highest BCUT2D eigenvalue weighted by Crippen LogP contribution is 2.48. The lowest BCUT2D eigenvalue weighted by Crippen LogP contribution is -2.42. The maximum atomic E-state index is 11.5. The molecule has 1 aromatic rings. The molecule has 0 fully saturated rings. The summed E-state index contributed by atoms with van der Waals surface area (Å²) < 4.78 is 0. The molecular formula is C19H20NO2-. The van der Waals surface area contributed by atoms with Crippen LogP contribution in [0.1, 0.15) is 47.5 Å². The number of anilines is 1. The van der Waals surface area contributed by atoms with Crippen LogP contribution in [0.5, 0.6) is 0 Å². The van der Waals surface area contributed by atoms with Crippen LogP contribution in [-0.4, -0.2) is 12.0 Å². The van der Waals surface area contributed by atoms with Gasteiger partial charge in [0.25, 0.3) is 0 Å². The molecular weight excluding hydrogens is 274 g/mol. The first-order valence-corrected chi connectivity index (χ1v) is 8.18. The van der Waals surface area contributed by atoms with Gasteiger partial charge in [0, 0.05) is 23.2 Å². The number of carbonyl (C=O) groups excluding carboxylic acids is 1. The van der Waals surface area contributed by atoms with Gasteiger partial charge in [-0.3, -0.25) is 0 Å². The summed E-state index contributed by atoms with van der Waals surface area (Å²) in [4.78, 5) is 11.5. The quantitative estimate of drug-likeness (QED) is 0.853. The van der Waals surface area contributed by atoms with Crippen LogP contribution in [0.2, 0.25) is 0 Å². The Balaban J connectivity index is 1.76. The predicted octanol–water partition coefficient (Wildman–Crippen LogP) is 2.86. The number of hydrogen-bond acceptors (Lipinski definition) is 3. The third-order valence-corrected chi connectivity index (χ3v) is 5.48. The van der Waals surface area contributed by atoms with Gasteiger partial charge in [-0.25, -0.2) is 0 Å². The van der Waals surface area contributed by atoms with Crippen LogP contribution in [0, 0.1) is 11.8 Å². The van der Waals surface area contributed by atoms with Gasteiger partial charge in [0.2, 0.25) is 0 Å². The van der Waals surface area contributed by atoms with Crippen molar-refractivity contribution in [3.63, 3.8) is 0 Å². The van der Waals surface area contributed by atoms with Gasteiger partial charge in [-0.2, -0.15) is 0 Å². The van der Waals surface area contributed by atoms with Crippen LogP contribution in [0.25, 0.3) is 0 Å². The number of fused-ring (bicyclic) bond motifs is 3. The van der Waals surface area contributed by atoms with Crippen LogP contribution in [0.3, 0.4) is 0 Å². The van der Waals surface area contributed by atoms with E-state index in [0.29, 0.717) is 29.4 Å². The molecule has 3 nitrogen and oxygen atoms in total. The number of aromatic carboxylic acids is 1. The maximum Gasteiger partial charge on any atom is 0.0736 e. The fourth-order valence-corrected chi connectivity index (χ4v) is 4.44. The predicted molar refractivity (Wildman–Crippen MR) is 84.7 cm³/mol. The third-order valence-electron chi connectivity index (χ3n) is 5.48. The minimum Gasteiger partial charge on any atom is -0.545 e. The van der Waals surface area contributed by atoms with Crippen LogP contribution >= 0.6 is 0 Å². The van der Waals surface area contributed by atoms with E-state index in [1.54, 1.807) is 6.07 Å². The summed E-state index contributed by atoms with van der Waals surface area (Å²) in [5, 5.41) is 15.1. The Labute approximate surface area is 130 Å². The molecule has 1 heterocycles. The number of rotatable bonds is 2. The Morgan fingerprint density at radius 1 is 1.18 bits per heavy atom. The van der Waals surface area contributed by atoms with E-state index in [1.807, 2.05) is 6.07 Å². The Morgan fingerprint density at radius 2 is 2.09 bits per heavy atom. The zero-order chi connectivity index (χ0) is 15.1. The van der Waals surface area contributed by atoms with Crippen molar-refractivity contribution in [3.05, 3.63) is 53.6 Å². The minimum absolute atomic E-state index is 0.299. The molecule has 3 heteroatoms. The van der Waals surface area contributed by atoms with E-state index in [0.717, 1.165) is 30.5 Å². The number of nitrogens with one attached hydrogen (secondary N) is 1. The summed E-state index contributed by atoms with van der Waals surface area (Å²) in [6.45, 7) is 0. The van der Waals surface area contributed by atoms with E-state index in [9.17, 15) is 9.90 Å². The molecule has 22 heavy (non-hydrogen) atoms. The number of carboxylic acid groups (broad SMARTS) is 1. The lowest BCUT2D eigenvalue weighted by Gasteiger charge is -2.42. The first-order chi connectivity index (χ1) is 10.8. The summed E-state index contributed by atoms with van der Waals surface area (Å²) in [6, 6.07) is 5.88. The van der Waals surface area contributed by atoms with Crippen molar-refractivity contribution in [2.24, 2.45) is 11.8 Å². The van der Waals surface area contributed by atoms with Gasteiger partial charge in [0.15, 0.2) is 0 Å². The zero-order valence-corrected chi connectivity index (χ0v) is 12.5. The van der Waals surface area contributed by atoms with Gasteiger partial charge >= 0.3 is 0 Å². The number of carbonyl (C=O) groups is 1. The maximum absolute atomic E-state index is 11.5. The second-order valence-corrected chi connectivity index (χ2v) is 6.63. The van der Waals surface area contributed by atoms with Crippen molar-refractivity contribution in [2.75, 3.05) is 5.32 Å². The summed E-state index contributed by atoms with van der Waals surface area (Å²) in [5.74, 6) is 0.375. The fraction of sp³-hybridized carbons (Fsp3) is 0.421. The number of para-hydroxylation sites is 1. The molecule has 114 valence electrons. The van der Waals surface area contributed by atoms with Crippen molar-refractivity contribution in [1.29, 1.82) is 0 Å². The molecule has 1 N–H and O–H groups in total. The van der Waals surface area contributed by atoms with E-state index < -0.39 is 5.97 Å². The standard InChI is InChI=1S/C19H21NO2/c21-19(22)16-11-5-10-15-13-8-4-9-14(13)17(20-18(15)16)12-6-2-1-3-7-12/h1-2,4-5,8,10-14,17,20H,3,6-7,9H2,(H,21,22)/p-1. The Hall–Kier alpha value is -2.03. The topological polar surface area (TPSA) is 52.2 Å². The second kappa shape index (κ2) is 5.31. The van der Waals surface area contributed by atoms with Crippen LogP contribution in [0.4, 0.5) is 5.69 Å². The number of allylic oxidation sites excluding steroid dienone is 4. The Bertz CT molecular complexity index is 661. The highest BCUT2D eigenvalue weighted by Gasteiger charge is 2.41. The lowest BCUT2D eigenvalue weighted by molar-refractivity contribution is -0.254. The van der Waals surface area contributed by atoms with Crippen molar-refractivity contribution in [1.82, 2.24) is 0 Å². The molecule has 1 aromatic carbocycles. The molecule has 4 unspecified atom stereocenters. The van der Waals surface area contributed by atoms with Crippen LogP contribution < -0.4 is 10.4 Å². The highest BCUT2D eigenvalue weighted by atomic mass is 16.4. The van der Waals surface area contributed by atoms with E-state index in [2.05, 4.69) is 35.7 Å². The largest absolute Gasteiger partial charge is 0.545 e. The van der Waals surface area contributed by atoms with Crippen LogP contribution in [-0.2, 0) is 0 Å². The molecule has 2 aliphatic carbocycles. The number of hydrogen-bond donors (Lipinski definition) is 1. The Morgan fingerprint density at radius 3 is 2.86 bits per heavy atom. The third kappa shape index (κ3) is 2.07. The first kappa shape index (κ1) is 13.6. The zero-order valence-electron chi connectivity index (χ0n) is 12.5. The molecule has 3 aliphatic rings. The fourth-order valence-electron chi connectivity index (χ4n) is 4.44. The lowest BCUT2D eigenvalue weighted by atomic mass is 9.71. The van der Waals surface area contributed by atoms with Crippen LogP contribution in [0.15, 0.2) is 42.5 Å². The molecule has 0 spiro atoms. The SMILES string of the molecule is O=C([O-])c1cccc2c1NC(C1CC=CCC1)C1CC=CC21. The summed E-state index contributed by atoms with van der Waals surface area (Å²) in [6.07, 6.45) is 13.5.